The highest BCUT2D eigenvalue weighted by molar-refractivity contribution is 5.75. The Morgan fingerprint density at radius 2 is 1.64 bits per heavy atom. The molecule has 25 heavy (non-hydrogen) atoms. The molecule has 2 aromatic rings. The fourth-order valence-corrected chi connectivity index (χ4v) is 3.72. The standard InChI is InChI=1S/C22H27NO2/c1-2-25-22(24)21-15-9-10-16-23(21)17-20(18-11-5-3-6-12-18)19-13-7-4-8-14-19/h3-8,11-14,20-21H,2,9-10,15-17H2,1H3. The van der Waals surface area contributed by atoms with Crippen molar-refractivity contribution in [2.45, 2.75) is 38.1 Å². The zero-order valence-corrected chi connectivity index (χ0v) is 14.9. The van der Waals surface area contributed by atoms with Gasteiger partial charge in [-0.25, -0.2) is 0 Å². The van der Waals surface area contributed by atoms with Crippen LogP contribution in [0.5, 0.6) is 0 Å². The van der Waals surface area contributed by atoms with Crippen LogP contribution < -0.4 is 0 Å². The maximum absolute atomic E-state index is 12.4. The predicted octanol–water partition coefficient (Wildman–Crippen LogP) is 4.24. The highest BCUT2D eigenvalue weighted by atomic mass is 16.5. The quantitative estimate of drug-likeness (QED) is 0.739. The number of ether oxygens (including phenoxy) is 1. The van der Waals surface area contributed by atoms with Gasteiger partial charge in [0.2, 0.25) is 0 Å². The summed E-state index contributed by atoms with van der Waals surface area (Å²) in [5, 5.41) is 0. The van der Waals surface area contributed by atoms with Gasteiger partial charge in [-0.3, -0.25) is 9.69 Å². The molecule has 3 rings (SSSR count). The number of rotatable bonds is 6. The lowest BCUT2D eigenvalue weighted by Crippen LogP contribution is -2.47. The van der Waals surface area contributed by atoms with E-state index in [4.69, 9.17) is 4.74 Å². The van der Waals surface area contributed by atoms with Gasteiger partial charge in [-0.2, -0.15) is 0 Å². The third-order valence-electron chi connectivity index (χ3n) is 4.99. The number of carbonyl (C=O) groups is 1. The minimum Gasteiger partial charge on any atom is -0.465 e. The molecule has 1 atom stereocenters. The van der Waals surface area contributed by atoms with Gasteiger partial charge in [0.05, 0.1) is 6.61 Å². The van der Waals surface area contributed by atoms with Crippen molar-refractivity contribution in [1.29, 1.82) is 0 Å². The molecule has 0 radical (unpaired) electrons. The topological polar surface area (TPSA) is 29.5 Å². The van der Waals surface area contributed by atoms with Crippen LogP contribution in [0.3, 0.4) is 0 Å². The number of esters is 1. The molecule has 1 unspecified atom stereocenters. The zero-order valence-electron chi connectivity index (χ0n) is 14.9. The summed E-state index contributed by atoms with van der Waals surface area (Å²) >= 11 is 0. The van der Waals surface area contributed by atoms with E-state index in [1.54, 1.807) is 0 Å². The van der Waals surface area contributed by atoms with Crippen LogP contribution in [0.15, 0.2) is 60.7 Å². The lowest BCUT2D eigenvalue weighted by molar-refractivity contribution is -0.150. The highest BCUT2D eigenvalue weighted by Gasteiger charge is 2.31. The van der Waals surface area contributed by atoms with Gasteiger partial charge in [0.1, 0.15) is 6.04 Å². The smallest absolute Gasteiger partial charge is 0.323 e. The number of hydrogen-bond donors (Lipinski definition) is 0. The van der Waals surface area contributed by atoms with E-state index in [1.807, 2.05) is 19.1 Å². The van der Waals surface area contributed by atoms with Crippen molar-refractivity contribution in [2.24, 2.45) is 0 Å². The Labute approximate surface area is 150 Å². The summed E-state index contributed by atoms with van der Waals surface area (Å²) in [5.74, 6) is 0.194. The van der Waals surface area contributed by atoms with Crippen LogP contribution in [0.25, 0.3) is 0 Å². The summed E-state index contributed by atoms with van der Waals surface area (Å²) in [6.45, 7) is 4.13. The summed E-state index contributed by atoms with van der Waals surface area (Å²) in [6.07, 6.45) is 3.14. The number of likely N-dealkylation sites (tertiary alicyclic amines) is 1. The SMILES string of the molecule is CCOC(=O)C1CCCCN1CC(c1ccccc1)c1ccccc1. The van der Waals surface area contributed by atoms with Crippen LogP contribution >= 0.6 is 0 Å². The van der Waals surface area contributed by atoms with Crippen LogP contribution in [0, 0.1) is 0 Å². The second-order valence-electron chi connectivity index (χ2n) is 6.63. The maximum atomic E-state index is 12.4. The van der Waals surface area contributed by atoms with Crippen LogP contribution in [-0.4, -0.2) is 36.6 Å². The first-order valence-corrected chi connectivity index (χ1v) is 9.30. The number of carbonyl (C=O) groups excluding carboxylic acids is 1. The summed E-state index contributed by atoms with van der Waals surface area (Å²) < 4.78 is 5.32. The number of piperidine rings is 1. The molecule has 0 aromatic heterocycles. The molecule has 2 aromatic carbocycles. The van der Waals surface area contributed by atoms with E-state index < -0.39 is 0 Å². The molecule has 132 valence electrons. The fraction of sp³-hybridized carbons (Fsp3) is 0.409. The van der Waals surface area contributed by atoms with Crippen molar-refractivity contribution in [3.63, 3.8) is 0 Å². The molecule has 1 aliphatic rings. The fourth-order valence-electron chi connectivity index (χ4n) is 3.72. The Morgan fingerprint density at radius 3 is 2.20 bits per heavy atom. The highest BCUT2D eigenvalue weighted by Crippen LogP contribution is 2.29. The van der Waals surface area contributed by atoms with Gasteiger partial charge in [-0.15, -0.1) is 0 Å². The molecule has 0 saturated carbocycles. The molecule has 3 nitrogen and oxygen atoms in total. The minimum atomic E-state index is -0.108. The van der Waals surface area contributed by atoms with Gasteiger partial charge in [-0.05, 0) is 37.4 Å². The van der Waals surface area contributed by atoms with Gasteiger partial charge < -0.3 is 4.74 Å². The molecule has 0 N–H and O–H groups in total. The van der Waals surface area contributed by atoms with Crippen LogP contribution in [-0.2, 0) is 9.53 Å². The Kier molecular flexibility index (Phi) is 6.24. The molecular weight excluding hydrogens is 310 g/mol. The van der Waals surface area contributed by atoms with Crippen molar-refractivity contribution < 1.29 is 9.53 Å². The monoisotopic (exact) mass is 337 g/mol. The molecule has 1 saturated heterocycles. The van der Waals surface area contributed by atoms with Gasteiger partial charge >= 0.3 is 5.97 Å². The lowest BCUT2D eigenvalue weighted by Gasteiger charge is -2.36. The van der Waals surface area contributed by atoms with E-state index in [-0.39, 0.29) is 17.9 Å². The normalized spacial score (nSPS) is 18.2. The van der Waals surface area contributed by atoms with E-state index in [0.717, 1.165) is 32.4 Å². The molecule has 1 fully saturated rings. The second-order valence-corrected chi connectivity index (χ2v) is 6.63. The largest absolute Gasteiger partial charge is 0.465 e. The predicted molar refractivity (Wildman–Crippen MR) is 101 cm³/mol. The van der Waals surface area contributed by atoms with E-state index in [9.17, 15) is 4.79 Å². The van der Waals surface area contributed by atoms with E-state index >= 15 is 0 Å². The van der Waals surface area contributed by atoms with Crippen LogP contribution in [0.2, 0.25) is 0 Å². The van der Waals surface area contributed by atoms with Gasteiger partial charge in [0, 0.05) is 12.5 Å². The van der Waals surface area contributed by atoms with Crippen LogP contribution in [0.1, 0.15) is 43.2 Å². The average molecular weight is 337 g/mol. The second kappa shape index (κ2) is 8.82. The van der Waals surface area contributed by atoms with Crippen molar-refractivity contribution in [3.05, 3.63) is 71.8 Å². The van der Waals surface area contributed by atoms with Crippen molar-refractivity contribution in [1.82, 2.24) is 4.90 Å². The first-order valence-electron chi connectivity index (χ1n) is 9.30. The van der Waals surface area contributed by atoms with Crippen molar-refractivity contribution >= 4 is 5.97 Å². The number of nitrogens with zero attached hydrogens (tertiary/aromatic N) is 1. The average Bonchev–Trinajstić information content (AvgIpc) is 2.68. The third-order valence-corrected chi connectivity index (χ3v) is 4.99. The minimum absolute atomic E-state index is 0.0675. The summed E-state index contributed by atoms with van der Waals surface area (Å²) in [5.41, 5.74) is 2.59. The summed E-state index contributed by atoms with van der Waals surface area (Å²) in [7, 11) is 0. The van der Waals surface area contributed by atoms with E-state index in [1.165, 1.54) is 11.1 Å². The van der Waals surface area contributed by atoms with Crippen LogP contribution in [0.4, 0.5) is 0 Å². The van der Waals surface area contributed by atoms with Gasteiger partial charge in [-0.1, -0.05) is 67.1 Å². The molecule has 0 bridgehead atoms. The van der Waals surface area contributed by atoms with Gasteiger partial charge in [0.15, 0.2) is 0 Å². The van der Waals surface area contributed by atoms with Crippen molar-refractivity contribution in [3.8, 4) is 0 Å². The summed E-state index contributed by atoms with van der Waals surface area (Å²) in [4.78, 5) is 14.7. The van der Waals surface area contributed by atoms with Crippen molar-refractivity contribution in [2.75, 3.05) is 19.7 Å². The maximum Gasteiger partial charge on any atom is 0.323 e. The molecule has 1 aliphatic heterocycles. The molecule has 3 heteroatoms. The summed E-state index contributed by atoms with van der Waals surface area (Å²) in [6, 6.07) is 21.1. The first kappa shape index (κ1) is 17.7. The lowest BCUT2D eigenvalue weighted by atomic mass is 9.89. The zero-order chi connectivity index (χ0) is 17.5. The molecule has 0 aliphatic carbocycles. The molecular formula is C22H27NO2. The molecule has 0 amide bonds. The molecule has 1 heterocycles. The van der Waals surface area contributed by atoms with E-state index in [2.05, 4.69) is 53.4 Å². The molecule has 0 spiro atoms. The number of benzene rings is 2. The Hall–Kier alpha value is -2.13. The number of hydrogen-bond acceptors (Lipinski definition) is 3. The van der Waals surface area contributed by atoms with Gasteiger partial charge in [0.25, 0.3) is 0 Å². The Balaban J connectivity index is 1.85. The van der Waals surface area contributed by atoms with E-state index in [0.29, 0.717) is 6.61 Å². The Morgan fingerprint density at radius 1 is 1.04 bits per heavy atom. The third kappa shape index (κ3) is 4.49. The first-order chi connectivity index (χ1) is 12.3. The Bertz CT molecular complexity index is 617.